The zero-order valence-corrected chi connectivity index (χ0v) is 5.31. The summed E-state index contributed by atoms with van der Waals surface area (Å²) in [5.74, 6) is -0.669. The minimum atomic E-state index is -1.49. The number of esters is 1. The largest absolute Gasteiger partial charge is 0.466 e. The van der Waals surface area contributed by atoms with Crippen LogP contribution in [0.15, 0.2) is 15.4 Å². The average molecular weight is 142 g/mol. The number of ether oxygens (including phenoxy) is 1. The Morgan fingerprint density at radius 2 is 2.50 bits per heavy atom. The van der Waals surface area contributed by atoms with E-state index in [1.807, 2.05) is 0 Å². The smallest absolute Gasteiger partial charge is 0.356 e. The fourth-order valence-corrected chi connectivity index (χ4v) is 0.497. The number of hydrogen-bond donors (Lipinski definition) is 1. The molecule has 0 bridgehead atoms. The molecule has 1 heterocycles. The third-order valence-corrected chi connectivity index (χ3v) is 1.03. The predicted octanol–water partition coefficient (Wildman–Crippen LogP) is -0.734. The highest BCUT2D eigenvalue weighted by molar-refractivity contribution is 5.99. The van der Waals surface area contributed by atoms with Crippen molar-refractivity contribution >= 4 is 12.2 Å². The number of carbonyl (C=O) groups is 1. The number of rotatable bonds is 1. The topological polar surface area (TPSA) is 89.4 Å². The van der Waals surface area contributed by atoms with E-state index in [9.17, 15) is 4.79 Å². The Kier molecular flexibility index (Phi) is 1.46. The molecule has 10 heavy (non-hydrogen) atoms. The summed E-state index contributed by atoms with van der Waals surface area (Å²) in [6, 6.07) is 0. The Labute approximate surface area is 56.8 Å². The van der Waals surface area contributed by atoms with Crippen LogP contribution in [-0.2, 0) is 9.53 Å². The Morgan fingerprint density at radius 1 is 1.80 bits per heavy atom. The van der Waals surface area contributed by atoms with Gasteiger partial charge in [0.15, 0.2) is 0 Å². The van der Waals surface area contributed by atoms with Crippen LogP contribution in [0, 0.1) is 0 Å². The van der Waals surface area contributed by atoms with Crippen LogP contribution >= 0.6 is 0 Å². The molecule has 0 spiro atoms. The SMILES string of the molecule is COC(=O)C1(N)C=NN=N1. The van der Waals surface area contributed by atoms with Gasteiger partial charge in [0.25, 0.3) is 5.66 Å². The standard InChI is InChI=1S/C4H6N4O2/c1-10-3(9)4(5)2-6-8-7-4/h2H,5H2,1H3. The number of carbonyl (C=O) groups excluding carboxylic acids is 1. The molecule has 0 aliphatic carbocycles. The summed E-state index contributed by atoms with van der Waals surface area (Å²) in [5, 5.41) is 9.83. The fourth-order valence-electron chi connectivity index (χ4n) is 0.497. The summed E-state index contributed by atoms with van der Waals surface area (Å²) < 4.78 is 4.33. The maximum Gasteiger partial charge on any atom is 0.356 e. The van der Waals surface area contributed by atoms with Gasteiger partial charge < -0.3 is 4.74 Å². The molecule has 54 valence electrons. The van der Waals surface area contributed by atoms with Gasteiger partial charge in [-0.15, -0.1) is 10.2 Å². The minimum Gasteiger partial charge on any atom is -0.466 e. The maximum atomic E-state index is 10.7. The van der Waals surface area contributed by atoms with Gasteiger partial charge >= 0.3 is 5.97 Å². The summed E-state index contributed by atoms with van der Waals surface area (Å²) in [4.78, 5) is 10.7. The summed E-state index contributed by atoms with van der Waals surface area (Å²) in [6.07, 6.45) is 1.12. The molecule has 0 amide bonds. The first kappa shape index (κ1) is 6.81. The van der Waals surface area contributed by atoms with Crippen molar-refractivity contribution in [3.05, 3.63) is 0 Å². The Bertz CT molecular complexity index is 197. The Hall–Kier alpha value is -1.30. The average Bonchev–Trinajstić information content (AvgIpc) is 2.36. The van der Waals surface area contributed by atoms with Crippen molar-refractivity contribution in [3.8, 4) is 0 Å². The van der Waals surface area contributed by atoms with Crippen molar-refractivity contribution in [1.82, 2.24) is 0 Å². The van der Waals surface area contributed by atoms with Crippen LogP contribution in [-0.4, -0.2) is 25.0 Å². The first-order chi connectivity index (χ1) is 4.69. The van der Waals surface area contributed by atoms with Gasteiger partial charge in [-0.1, -0.05) is 0 Å². The van der Waals surface area contributed by atoms with Crippen LogP contribution in [0.1, 0.15) is 0 Å². The number of hydrogen-bond acceptors (Lipinski definition) is 6. The molecule has 0 aromatic heterocycles. The van der Waals surface area contributed by atoms with E-state index in [1.165, 1.54) is 7.11 Å². The lowest BCUT2D eigenvalue weighted by Crippen LogP contribution is -2.47. The van der Waals surface area contributed by atoms with Gasteiger partial charge in [-0.25, -0.2) is 4.79 Å². The van der Waals surface area contributed by atoms with E-state index in [2.05, 4.69) is 20.2 Å². The molecule has 0 aromatic rings. The number of nitrogens with two attached hydrogens (primary N) is 1. The molecule has 1 rings (SSSR count). The van der Waals surface area contributed by atoms with Gasteiger partial charge in [0.1, 0.15) is 0 Å². The van der Waals surface area contributed by atoms with Crippen LogP contribution in [0.4, 0.5) is 0 Å². The van der Waals surface area contributed by atoms with E-state index in [0.29, 0.717) is 0 Å². The number of nitrogens with zero attached hydrogens (tertiary/aromatic N) is 3. The van der Waals surface area contributed by atoms with Crippen molar-refractivity contribution in [2.75, 3.05) is 7.11 Å². The fraction of sp³-hybridized carbons (Fsp3) is 0.500. The van der Waals surface area contributed by atoms with Gasteiger partial charge in [0, 0.05) is 0 Å². The molecule has 1 atom stereocenters. The lowest BCUT2D eigenvalue weighted by molar-refractivity contribution is -0.143. The van der Waals surface area contributed by atoms with Crippen LogP contribution < -0.4 is 5.73 Å². The first-order valence-electron chi connectivity index (χ1n) is 2.53. The Balaban J connectivity index is 2.79. The third-order valence-electron chi connectivity index (χ3n) is 1.03. The first-order valence-corrected chi connectivity index (χ1v) is 2.53. The highest BCUT2D eigenvalue weighted by Gasteiger charge is 2.36. The van der Waals surface area contributed by atoms with Gasteiger partial charge in [0.2, 0.25) is 0 Å². The molecule has 0 radical (unpaired) electrons. The van der Waals surface area contributed by atoms with Crippen LogP contribution in [0.25, 0.3) is 0 Å². The van der Waals surface area contributed by atoms with E-state index in [4.69, 9.17) is 5.73 Å². The summed E-state index contributed by atoms with van der Waals surface area (Å²) >= 11 is 0. The van der Waals surface area contributed by atoms with Crippen LogP contribution in [0.3, 0.4) is 0 Å². The molecule has 0 saturated heterocycles. The molecular formula is C4H6N4O2. The third kappa shape index (κ3) is 0.883. The van der Waals surface area contributed by atoms with Gasteiger partial charge in [0.05, 0.1) is 13.3 Å². The zero-order valence-electron chi connectivity index (χ0n) is 5.31. The lowest BCUT2D eigenvalue weighted by Gasteiger charge is -2.09. The molecular weight excluding hydrogens is 136 g/mol. The van der Waals surface area contributed by atoms with Crippen molar-refractivity contribution in [2.45, 2.75) is 5.66 Å². The second kappa shape index (κ2) is 2.14. The molecule has 2 N–H and O–H groups in total. The van der Waals surface area contributed by atoms with E-state index in [0.717, 1.165) is 6.21 Å². The summed E-state index contributed by atoms with van der Waals surface area (Å²) in [5.41, 5.74) is 3.84. The molecule has 0 fully saturated rings. The Morgan fingerprint density at radius 3 is 2.90 bits per heavy atom. The zero-order chi connectivity index (χ0) is 7.61. The molecule has 6 heteroatoms. The highest BCUT2D eigenvalue weighted by Crippen LogP contribution is 2.08. The van der Waals surface area contributed by atoms with E-state index in [-0.39, 0.29) is 0 Å². The molecule has 1 unspecified atom stereocenters. The van der Waals surface area contributed by atoms with E-state index in [1.54, 1.807) is 0 Å². The van der Waals surface area contributed by atoms with Gasteiger partial charge in [-0.3, -0.25) is 5.73 Å². The monoisotopic (exact) mass is 142 g/mol. The van der Waals surface area contributed by atoms with Crippen molar-refractivity contribution in [1.29, 1.82) is 0 Å². The minimum absolute atomic E-state index is 0.669. The van der Waals surface area contributed by atoms with Crippen molar-refractivity contribution in [3.63, 3.8) is 0 Å². The second-order valence-corrected chi connectivity index (χ2v) is 1.75. The summed E-state index contributed by atoms with van der Waals surface area (Å²) in [7, 11) is 1.22. The summed E-state index contributed by atoms with van der Waals surface area (Å²) in [6.45, 7) is 0. The van der Waals surface area contributed by atoms with Crippen molar-refractivity contribution < 1.29 is 9.53 Å². The molecule has 1 aliphatic rings. The quantitative estimate of drug-likeness (QED) is 0.489. The normalized spacial score (nSPS) is 29.0. The highest BCUT2D eigenvalue weighted by atomic mass is 16.5. The molecule has 1 aliphatic heterocycles. The van der Waals surface area contributed by atoms with E-state index >= 15 is 0 Å². The predicted molar refractivity (Wildman–Crippen MR) is 32.3 cm³/mol. The van der Waals surface area contributed by atoms with Gasteiger partial charge in [-0.2, -0.15) is 0 Å². The van der Waals surface area contributed by atoms with Crippen LogP contribution in [0.2, 0.25) is 0 Å². The molecule has 0 saturated carbocycles. The maximum absolute atomic E-state index is 10.7. The van der Waals surface area contributed by atoms with E-state index < -0.39 is 11.6 Å². The molecule has 0 aromatic carbocycles. The lowest BCUT2D eigenvalue weighted by atomic mass is 10.2. The molecule has 6 nitrogen and oxygen atoms in total. The second-order valence-electron chi connectivity index (χ2n) is 1.75. The van der Waals surface area contributed by atoms with Gasteiger partial charge in [-0.05, 0) is 5.22 Å². The van der Waals surface area contributed by atoms with Crippen molar-refractivity contribution in [2.24, 2.45) is 21.2 Å². The number of methoxy groups -OCH3 is 1. The van der Waals surface area contributed by atoms with Crippen LogP contribution in [0.5, 0.6) is 0 Å².